The molecule has 0 aliphatic carbocycles. The lowest BCUT2D eigenvalue weighted by Gasteiger charge is -2.24. The van der Waals surface area contributed by atoms with Gasteiger partial charge in [-0.3, -0.25) is 4.79 Å². The number of hydrogen-bond donors (Lipinski definition) is 0. The molecule has 1 saturated heterocycles. The molecule has 11 heavy (non-hydrogen) atoms. The fourth-order valence-corrected chi connectivity index (χ4v) is 1.85. The van der Waals surface area contributed by atoms with E-state index in [4.69, 9.17) is 0 Å². The van der Waals surface area contributed by atoms with E-state index in [0.717, 1.165) is 30.7 Å². The molecule has 0 aromatic heterocycles. The van der Waals surface area contributed by atoms with Gasteiger partial charge in [0.05, 0.1) is 6.33 Å². The summed E-state index contributed by atoms with van der Waals surface area (Å²) >= 11 is 1.82. The molecular formula is C7H10FNOS. The zero-order valence-corrected chi connectivity index (χ0v) is 6.94. The van der Waals surface area contributed by atoms with E-state index in [1.165, 1.54) is 0 Å². The van der Waals surface area contributed by atoms with E-state index in [-0.39, 0.29) is 5.91 Å². The Balaban J connectivity index is 2.38. The van der Waals surface area contributed by atoms with Crippen LogP contribution in [-0.4, -0.2) is 35.4 Å². The first kappa shape index (κ1) is 8.59. The van der Waals surface area contributed by atoms with Crippen LogP contribution in [0.1, 0.15) is 0 Å². The molecule has 1 fully saturated rings. The lowest BCUT2D eigenvalue weighted by Crippen LogP contribution is -2.36. The predicted molar refractivity (Wildman–Crippen MR) is 44.2 cm³/mol. The Bertz CT molecular complexity index is 166. The topological polar surface area (TPSA) is 20.3 Å². The van der Waals surface area contributed by atoms with E-state index in [1.807, 2.05) is 11.8 Å². The van der Waals surface area contributed by atoms with Crippen LogP contribution in [0.3, 0.4) is 0 Å². The normalized spacial score (nSPS) is 19.2. The minimum atomic E-state index is -0.215. The molecule has 2 nitrogen and oxygen atoms in total. The van der Waals surface area contributed by atoms with Crippen LogP contribution < -0.4 is 0 Å². The summed E-state index contributed by atoms with van der Waals surface area (Å²) in [6.45, 7) is 1.49. The van der Waals surface area contributed by atoms with Crippen LogP contribution in [0, 0.1) is 0 Å². The van der Waals surface area contributed by atoms with Crippen molar-refractivity contribution in [1.29, 1.82) is 0 Å². The van der Waals surface area contributed by atoms with E-state index in [9.17, 15) is 9.18 Å². The maximum atomic E-state index is 11.6. The van der Waals surface area contributed by atoms with Crippen LogP contribution in [-0.2, 0) is 4.79 Å². The molecule has 0 atom stereocenters. The molecule has 0 saturated carbocycles. The Morgan fingerprint density at radius 1 is 1.45 bits per heavy atom. The molecule has 62 valence electrons. The zero-order chi connectivity index (χ0) is 8.10. The van der Waals surface area contributed by atoms with Crippen molar-refractivity contribution < 1.29 is 9.18 Å². The van der Waals surface area contributed by atoms with Gasteiger partial charge in [0.15, 0.2) is 0 Å². The largest absolute Gasteiger partial charge is 0.337 e. The van der Waals surface area contributed by atoms with Crippen molar-refractivity contribution in [3.8, 4) is 0 Å². The van der Waals surface area contributed by atoms with Crippen LogP contribution >= 0.6 is 11.8 Å². The second-order valence-corrected chi connectivity index (χ2v) is 3.46. The van der Waals surface area contributed by atoms with Crippen LogP contribution in [0.5, 0.6) is 0 Å². The second-order valence-electron chi connectivity index (χ2n) is 2.23. The third-order valence-corrected chi connectivity index (χ3v) is 2.47. The molecule has 1 rings (SSSR count). The van der Waals surface area contributed by atoms with Crippen molar-refractivity contribution in [2.24, 2.45) is 0 Å². The minimum absolute atomic E-state index is 0.215. The third kappa shape index (κ3) is 2.54. The lowest BCUT2D eigenvalue weighted by atomic mass is 10.4. The van der Waals surface area contributed by atoms with Crippen molar-refractivity contribution in [3.05, 3.63) is 12.4 Å². The summed E-state index contributed by atoms with van der Waals surface area (Å²) < 4.78 is 11.6. The molecule has 1 heterocycles. The molecule has 0 unspecified atom stereocenters. The highest BCUT2D eigenvalue weighted by atomic mass is 32.2. The van der Waals surface area contributed by atoms with Crippen LogP contribution in [0.2, 0.25) is 0 Å². The maximum Gasteiger partial charge on any atom is 0.248 e. The van der Waals surface area contributed by atoms with Gasteiger partial charge in [0, 0.05) is 30.7 Å². The van der Waals surface area contributed by atoms with E-state index >= 15 is 0 Å². The lowest BCUT2D eigenvalue weighted by molar-refractivity contribution is -0.125. The molecule has 4 heteroatoms. The average Bonchev–Trinajstić information content (AvgIpc) is 2.07. The fraction of sp³-hybridized carbons (Fsp3) is 0.571. The van der Waals surface area contributed by atoms with Crippen LogP contribution in [0.25, 0.3) is 0 Å². The predicted octanol–water partition coefficient (Wildman–Crippen LogP) is 1.04. The second kappa shape index (κ2) is 4.38. The smallest absolute Gasteiger partial charge is 0.248 e. The van der Waals surface area contributed by atoms with Gasteiger partial charge >= 0.3 is 0 Å². The molecular weight excluding hydrogens is 165 g/mol. The van der Waals surface area contributed by atoms with E-state index in [0.29, 0.717) is 6.33 Å². The summed E-state index contributed by atoms with van der Waals surface area (Å²) in [5, 5.41) is 0. The Morgan fingerprint density at radius 2 is 2.09 bits per heavy atom. The first-order valence-corrected chi connectivity index (χ1v) is 4.63. The van der Waals surface area contributed by atoms with Gasteiger partial charge < -0.3 is 4.90 Å². The Hall–Kier alpha value is -0.510. The molecule has 0 spiro atoms. The number of hydrogen-bond acceptors (Lipinski definition) is 2. The first-order valence-electron chi connectivity index (χ1n) is 3.48. The quantitative estimate of drug-likeness (QED) is 0.555. The van der Waals surface area contributed by atoms with Crippen molar-refractivity contribution in [1.82, 2.24) is 4.90 Å². The summed E-state index contributed by atoms with van der Waals surface area (Å²) in [6.07, 6.45) is 1.26. The first-order chi connectivity index (χ1) is 5.34. The van der Waals surface area contributed by atoms with Gasteiger partial charge in [-0.2, -0.15) is 11.8 Å². The molecule has 0 aromatic rings. The fourth-order valence-electron chi connectivity index (χ4n) is 0.943. The molecule has 0 N–H and O–H groups in total. The minimum Gasteiger partial charge on any atom is -0.337 e. The highest BCUT2D eigenvalue weighted by Crippen LogP contribution is 2.09. The SMILES string of the molecule is O=C(/C=C/F)N1CCSCC1. The number of thioether (sulfide) groups is 1. The third-order valence-electron chi connectivity index (χ3n) is 1.53. The Morgan fingerprint density at radius 3 is 2.64 bits per heavy atom. The summed E-state index contributed by atoms with van der Waals surface area (Å²) in [5.74, 6) is 1.71. The number of carbonyl (C=O) groups excluding carboxylic acids is 1. The summed E-state index contributed by atoms with van der Waals surface area (Å²) in [6, 6.07) is 0. The van der Waals surface area contributed by atoms with Crippen LogP contribution in [0.4, 0.5) is 4.39 Å². The van der Waals surface area contributed by atoms with Crippen molar-refractivity contribution in [3.63, 3.8) is 0 Å². The highest BCUT2D eigenvalue weighted by molar-refractivity contribution is 7.99. The number of halogens is 1. The van der Waals surface area contributed by atoms with Crippen LogP contribution in [0.15, 0.2) is 12.4 Å². The standard InChI is InChI=1S/C7H10FNOS/c8-2-1-7(10)9-3-5-11-6-4-9/h1-2H,3-6H2/b2-1+. The number of amides is 1. The van der Waals surface area contributed by atoms with E-state index in [2.05, 4.69) is 0 Å². The highest BCUT2D eigenvalue weighted by Gasteiger charge is 2.13. The van der Waals surface area contributed by atoms with Gasteiger partial charge in [0.25, 0.3) is 0 Å². The van der Waals surface area contributed by atoms with Gasteiger partial charge in [0.1, 0.15) is 0 Å². The Kier molecular flexibility index (Phi) is 3.42. The molecule has 1 amide bonds. The van der Waals surface area contributed by atoms with Crippen molar-refractivity contribution >= 4 is 17.7 Å². The van der Waals surface area contributed by atoms with E-state index in [1.54, 1.807) is 4.90 Å². The van der Waals surface area contributed by atoms with Gasteiger partial charge in [-0.1, -0.05) is 0 Å². The van der Waals surface area contributed by atoms with Gasteiger partial charge in [-0.05, 0) is 0 Å². The van der Waals surface area contributed by atoms with Gasteiger partial charge in [0.2, 0.25) is 5.91 Å². The summed E-state index contributed by atoms with van der Waals surface area (Å²) in [5.41, 5.74) is 0. The van der Waals surface area contributed by atoms with Gasteiger partial charge in [-0.15, -0.1) is 0 Å². The molecule has 1 aliphatic rings. The zero-order valence-electron chi connectivity index (χ0n) is 6.12. The van der Waals surface area contributed by atoms with Gasteiger partial charge in [-0.25, -0.2) is 4.39 Å². The Labute approximate surface area is 69.4 Å². The summed E-state index contributed by atoms with van der Waals surface area (Å²) in [4.78, 5) is 12.6. The van der Waals surface area contributed by atoms with E-state index < -0.39 is 0 Å². The number of rotatable bonds is 1. The average molecular weight is 175 g/mol. The number of nitrogens with zero attached hydrogens (tertiary/aromatic N) is 1. The summed E-state index contributed by atoms with van der Waals surface area (Å²) in [7, 11) is 0. The molecule has 0 aromatic carbocycles. The maximum absolute atomic E-state index is 11.6. The molecule has 0 radical (unpaired) electrons. The van der Waals surface area contributed by atoms with Crippen molar-refractivity contribution in [2.75, 3.05) is 24.6 Å². The monoisotopic (exact) mass is 175 g/mol. The molecule has 0 bridgehead atoms. The molecule has 1 aliphatic heterocycles. The van der Waals surface area contributed by atoms with Crippen molar-refractivity contribution in [2.45, 2.75) is 0 Å². The number of carbonyl (C=O) groups is 1.